The van der Waals surface area contributed by atoms with Crippen LogP contribution >= 0.6 is 0 Å². The van der Waals surface area contributed by atoms with Crippen molar-refractivity contribution in [1.82, 2.24) is 0 Å². The first-order valence-corrected chi connectivity index (χ1v) is 6.66. The third kappa shape index (κ3) is 1.71. The van der Waals surface area contributed by atoms with E-state index >= 15 is 0 Å². The van der Waals surface area contributed by atoms with Gasteiger partial charge in [0, 0.05) is 0 Å². The van der Waals surface area contributed by atoms with E-state index < -0.39 is 0 Å². The summed E-state index contributed by atoms with van der Waals surface area (Å²) in [5, 5.41) is 0. The predicted octanol–water partition coefficient (Wildman–Crippen LogP) is 4.38. The highest BCUT2D eigenvalue weighted by Gasteiger charge is 2.18. The lowest BCUT2D eigenvalue weighted by Crippen LogP contribution is -2.05. The van der Waals surface area contributed by atoms with Gasteiger partial charge in [-0.3, -0.25) is 0 Å². The SMILES string of the molecule is CC1C=C(c2cccc3c2CCCC3)CC1. The van der Waals surface area contributed by atoms with Gasteiger partial charge in [0.25, 0.3) is 0 Å². The Kier molecular flexibility index (Phi) is 2.59. The van der Waals surface area contributed by atoms with Crippen molar-refractivity contribution in [3.8, 4) is 0 Å². The minimum atomic E-state index is 0.787. The summed E-state index contributed by atoms with van der Waals surface area (Å²) in [6.45, 7) is 2.34. The molecule has 2 aliphatic carbocycles. The zero-order chi connectivity index (χ0) is 11.0. The Morgan fingerprint density at radius 3 is 2.75 bits per heavy atom. The molecule has 0 heterocycles. The maximum absolute atomic E-state index is 2.49. The van der Waals surface area contributed by atoms with Crippen LogP contribution < -0.4 is 0 Å². The second-order valence-electron chi connectivity index (χ2n) is 5.36. The van der Waals surface area contributed by atoms with Gasteiger partial charge < -0.3 is 0 Å². The maximum atomic E-state index is 2.49. The summed E-state index contributed by atoms with van der Waals surface area (Å²) in [4.78, 5) is 0. The lowest BCUT2D eigenvalue weighted by molar-refractivity contribution is 0.683. The van der Waals surface area contributed by atoms with Crippen LogP contribution in [0.2, 0.25) is 0 Å². The summed E-state index contributed by atoms with van der Waals surface area (Å²) < 4.78 is 0. The maximum Gasteiger partial charge on any atom is -0.0193 e. The van der Waals surface area contributed by atoms with Crippen LogP contribution in [-0.2, 0) is 12.8 Å². The number of allylic oxidation sites excluding steroid dienone is 2. The molecule has 84 valence electrons. The van der Waals surface area contributed by atoms with Crippen LogP contribution in [0.3, 0.4) is 0 Å². The van der Waals surface area contributed by atoms with Crippen LogP contribution in [0, 0.1) is 5.92 Å². The molecule has 0 aliphatic heterocycles. The standard InChI is InChI=1S/C16H20/c1-12-9-10-14(11-12)16-8-4-6-13-5-2-3-7-15(13)16/h4,6,8,11-12H,2-3,5,7,9-10H2,1H3. The van der Waals surface area contributed by atoms with Gasteiger partial charge in [0.1, 0.15) is 0 Å². The number of hydrogen-bond acceptors (Lipinski definition) is 0. The Labute approximate surface area is 98.4 Å². The van der Waals surface area contributed by atoms with E-state index in [2.05, 4.69) is 31.2 Å². The van der Waals surface area contributed by atoms with E-state index in [1.165, 1.54) is 38.5 Å². The van der Waals surface area contributed by atoms with Crippen LogP contribution in [0.5, 0.6) is 0 Å². The van der Waals surface area contributed by atoms with Crippen LogP contribution in [0.1, 0.15) is 49.3 Å². The number of rotatable bonds is 1. The number of benzene rings is 1. The third-order valence-electron chi connectivity index (χ3n) is 4.10. The van der Waals surface area contributed by atoms with Crippen LogP contribution in [-0.4, -0.2) is 0 Å². The molecule has 1 aromatic carbocycles. The minimum Gasteiger partial charge on any atom is -0.0779 e. The lowest BCUT2D eigenvalue weighted by Gasteiger charge is -2.19. The highest BCUT2D eigenvalue weighted by atomic mass is 14.2. The lowest BCUT2D eigenvalue weighted by atomic mass is 9.85. The molecule has 16 heavy (non-hydrogen) atoms. The molecule has 0 nitrogen and oxygen atoms in total. The molecule has 1 unspecified atom stereocenters. The number of aryl methyl sites for hydroxylation is 1. The quantitative estimate of drug-likeness (QED) is 0.648. The van der Waals surface area contributed by atoms with E-state index in [4.69, 9.17) is 0 Å². The molecule has 0 amide bonds. The van der Waals surface area contributed by atoms with Gasteiger partial charge in [0.15, 0.2) is 0 Å². The number of hydrogen-bond donors (Lipinski definition) is 0. The Morgan fingerprint density at radius 1 is 1.06 bits per heavy atom. The number of fused-ring (bicyclic) bond motifs is 1. The molecule has 0 saturated carbocycles. The second-order valence-corrected chi connectivity index (χ2v) is 5.36. The Balaban J connectivity index is 2.04. The van der Waals surface area contributed by atoms with Crippen LogP contribution in [0.15, 0.2) is 24.3 Å². The van der Waals surface area contributed by atoms with E-state index in [0.29, 0.717) is 0 Å². The molecule has 0 bridgehead atoms. The first kappa shape index (κ1) is 10.1. The Morgan fingerprint density at radius 2 is 1.94 bits per heavy atom. The van der Waals surface area contributed by atoms with Crippen molar-refractivity contribution in [2.75, 3.05) is 0 Å². The van der Waals surface area contributed by atoms with Crippen molar-refractivity contribution in [1.29, 1.82) is 0 Å². The smallest absolute Gasteiger partial charge is 0.0193 e. The summed E-state index contributed by atoms with van der Waals surface area (Å²) in [6, 6.07) is 6.92. The van der Waals surface area contributed by atoms with Gasteiger partial charge in [-0.1, -0.05) is 31.2 Å². The largest absolute Gasteiger partial charge is 0.0779 e. The molecule has 1 aromatic rings. The molecular weight excluding hydrogens is 192 g/mol. The molecule has 3 rings (SSSR count). The van der Waals surface area contributed by atoms with E-state index in [9.17, 15) is 0 Å². The molecule has 0 radical (unpaired) electrons. The summed E-state index contributed by atoms with van der Waals surface area (Å²) >= 11 is 0. The summed E-state index contributed by atoms with van der Waals surface area (Å²) in [7, 11) is 0. The highest BCUT2D eigenvalue weighted by molar-refractivity contribution is 5.71. The van der Waals surface area contributed by atoms with Gasteiger partial charge in [-0.2, -0.15) is 0 Å². The first-order chi connectivity index (χ1) is 7.84. The summed E-state index contributed by atoms with van der Waals surface area (Å²) in [5.74, 6) is 0.787. The molecular formula is C16H20. The molecule has 0 heteroatoms. The van der Waals surface area contributed by atoms with Crippen molar-refractivity contribution in [2.24, 2.45) is 5.92 Å². The van der Waals surface area contributed by atoms with Crippen molar-refractivity contribution >= 4 is 5.57 Å². The van der Waals surface area contributed by atoms with Crippen molar-refractivity contribution in [3.05, 3.63) is 41.0 Å². The highest BCUT2D eigenvalue weighted by Crippen LogP contribution is 2.36. The van der Waals surface area contributed by atoms with Gasteiger partial charge in [0.2, 0.25) is 0 Å². The molecule has 2 aliphatic rings. The predicted molar refractivity (Wildman–Crippen MR) is 69.5 cm³/mol. The minimum absolute atomic E-state index is 0.787. The first-order valence-electron chi connectivity index (χ1n) is 6.66. The van der Waals surface area contributed by atoms with E-state index in [1.807, 2.05) is 0 Å². The zero-order valence-electron chi connectivity index (χ0n) is 10.1. The zero-order valence-corrected chi connectivity index (χ0v) is 10.1. The van der Waals surface area contributed by atoms with Crippen LogP contribution in [0.25, 0.3) is 5.57 Å². The van der Waals surface area contributed by atoms with Gasteiger partial charge >= 0.3 is 0 Å². The fourth-order valence-corrected chi connectivity index (χ4v) is 3.20. The third-order valence-corrected chi connectivity index (χ3v) is 4.10. The molecule has 0 fully saturated rings. The Bertz CT molecular complexity index is 426. The molecule has 0 N–H and O–H groups in total. The van der Waals surface area contributed by atoms with E-state index in [-0.39, 0.29) is 0 Å². The van der Waals surface area contributed by atoms with Gasteiger partial charge in [0.05, 0.1) is 0 Å². The van der Waals surface area contributed by atoms with Gasteiger partial charge in [-0.15, -0.1) is 0 Å². The molecule has 1 atom stereocenters. The van der Waals surface area contributed by atoms with Crippen molar-refractivity contribution in [2.45, 2.75) is 45.4 Å². The molecule has 0 aromatic heterocycles. The van der Waals surface area contributed by atoms with E-state index in [1.54, 1.807) is 22.3 Å². The fourth-order valence-electron chi connectivity index (χ4n) is 3.20. The molecule has 0 saturated heterocycles. The normalized spacial score (nSPS) is 24.1. The average molecular weight is 212 g/mol. The summed E-state index contributed by atoms with van der Waals surface area (Å²) in [5.41, 5.74) is 6.46. The van der Waals surface area contributed by atoms with Gasteiger partial charge in [-0.25, -0.2) is 0 Å². The topological polar surface area (TPSA) is 0 Å². The second kappa shape index (κ2) is 4.08. The van der Waals surface area contributed by atoms with Crippen molar-refractivity contribution < 1.29 is 0 Å². The summed E-state index contributed by atoms with van der Waals surface area (Å²) in [6.07, 6.45) is 10.5. The van der Waals surface area contributed by atoms with Crippen LogP contribution in [0.4, 0.5) is 0 Å². The molecule has 0 spiro atoms. The Hall–Kier alpha value is -1.04. The van der Waals surface area contributed by atoms with Crippen molar-refractivity contribution in [3.63, 3.8) is 0 Å². The average Bonchev–Trinajstić information content (AvgIpc) is 2.75. The van der Waals surface area contributed by atoms with E-state index in [0.717, 1.165) is 5.92 Å². The monoisotopic (exact) mass is 212 g/mol. The van der Waals surface area contributed by atoms with Gasteiger partial charge in [-0.05, 0) is 66.7 Å². The fraction of sp³-hybridized carbons (Fsp3) is 0.500.